The lowest BCUT2D eigenvalue weighted by Gasteiger charge is -2.22. The van der Waals surface area contributed by atoms with Crippen molar-refractivity contribution in [2.45, 2.75) is 26.1 Å². The topological polar surface area (TPSA) is 20.3 Å². The Kier molecular flexibility index (Phi) is 4.94. The van der Waals surface area contributed by atoms with Crippen LogP contribution in [0.3, 0.4) is 0 Å². The number of benzene rings is 1. The fourth-order valence-electron chi connectivity index (χ4n) is 1.69. The molecular formula is C13H17ClFNO. The van der Waals surface area contributed by atoms with Gasteiger partial charge in [0.25, 0.3) is 0 Å². The van der Waals surface area contributed by atoms with Crippen LogP contribution in [-0.2, 0) is 4.79 Å². The first-order valence-electron chi connectivity index (χ1n) is 5.70. The van der Waals surface area contributed by atoms with E-state index >= 15 is 0 Å². The molecule has 0 N–H and O–H groups in total. The van der Waals surface area contributed by atoms with Crippen molar-refractivity contribution >= 4 is 17.5 Å². The summed E-state index contributed by atoms with van der Waals surface area (Å²) in [6.45, 7) is 6.74. The molecule has 0 radical (unpaired) electrons. The van der Waals surface area contributed by atoms with E-state index in [0.717, 1.165) is 5.56 Å². The van der Waals surface area contributed by atoms with Crippen LogP contribution in [0.4, 0.5) is 4.39 Å². The van der Waals surface area contributed by atoms with E-state index in [9.17, 15) is 9.18 Å². The van der Waals surface area contributed by atoms with E-state index in [1.807, 2.05) is 20.8 Å². The van der Waals surface area contributed by atoms with E-state index in [2.05, 4.69) is 0 Å². The molecule has 1 aromatic rings. The highest BCUT2D eigenvalue weighted by Crippen LogP contribution is 2.26. The Morgan fingerprint density at radius 2 is 2.00 bits per heavy atom. The molecule has 1 unspecified atom stereocenters. The van der Waals surface area contributed by atoms with Crippen molar-refractivity contribution in [3.05, 3.63) is 35.1 Å². The number of rotatable bonds is 4. The number of aryl methyl sites for hydroxylation is 1. The molecule has 0 saturated carbocycles. The van der Waals surface area contributed by atoms with Gasteiger partial charge in [-0.15, -0.1) is 11.6 Å². The number of carbonyl (C=O) groups is 1. The summed E-state index contributed by atoms with van der Waals surface area (Å²) < 4.78 is 13.6. The number of alkyl halides is 1. The predicted molar refractivity (Wildman–Crippen MR) is 67.7 cm³/mol. The number of hydrogen-bond donors (Lipinski definition) is 0. The molecule has 0 spiro atoms. The van der Waals surface area contributed by atoms with Gasteiger partial charge in [0.1, 0.15) is 11.2 Å². The Hall–Kier alpha value is -1.09. The maximum absolute atomic E-state index is 13.6. The van der Waals surface area contributed by atoms with Crippen LogP contribution in [0.1, 0.15) is 30.4 Å². The molecule has 0 aliphatic rings. The maximum atomic E-state index is 13.6. The van der Waals surface area contributed by atoms with Crippen molar-refractivity contribution in [1.29, 1.82) is 0 Å². The molecule has 2 nitrogen and oxygen atoms in total. The highest BCUT2D eigenvalue weighted by molar-refractivity contribution is 6.30. The van der Waals surface area contributed by atoms with E-state index in [4.69, 9.17) is 11.6 Å². The Morgan fingerprint density at radius 1 is 1.41 bits per heavy atom. The molecule has 1 aromatic carbocycles. The number of carbonyl (C=O) groups excluding carboxylic acids is 1. The molecule has 4 heteroatoms. The standard InChI is InChI=1S/C13H17ClFNO/c1-4-16(5-2)13(17)12(14)10-8-9(3)6-7-11(10)15/h6-8,12H,4-5H2,1-3H3. The summed E-state index contributed by atoms with van der Waals surface area (Å²) in [6, 6.07) is 4.62. The van der Waals surface area contributed by atoms with Gasteiger partial charge in [-0.3, -0.25) is 4.79 Å². The molecule has 0 bridgehead atoms. The lowest BCUT2D eigenvalue weighted by Crippen LogP contribution is -2.33. The average molecular weight is 258 g/mol. The van der Waals surface area contributed by atoms with Crippen LogP contribution in [0.5, 0.6) is 0 Å². The van der Waals surface area contributed by atoms with Gasteiger partial charge in [-0.1, -0.05) is 17.7 Å². The third-order valence-electron chi connectivity index (χ3n) is 2.72. The zero-order valence-corrected chi connectivity index (χ0v) is 11.1. The van der Waals surface area contributed by atoms with Crippen LogP contribution in [-0.4, -0.2) is 23.9 Å². The van der Waals surface area contributed by atoms with Crippen molar-refractivity contribution < 1.29 is 9.18 Å². The number of hydrogen-bond acceptors (Lipinski definition) is 1. The molecule has 1 rings (SSSR count). The first-order valence-corrected chi connectivity index (χ1v) is 6.13. The lowest BCUT2D eigenvalue weighted by atomic mass is 10.1. The maximum Gasteiger partial charge on any atom is 0.245 e. The Morgan fingerprint density at radius 3 is 2.53 bits per heavy atom. The van der Waals surface area contributed by atoms with Gasteiger partial charge in [0.2, 0.25) is 5.91 Å². The van der Waals surface area contributed by atoms with Gasteiger partial charge in [0.15, 0.2) is 0 Å². The van der Waals surface area contributed by atoms with Crippen molar-refractivity contribution in [3.8, 4) is 0 Å². The molecule has 0 saturated heterocycles. The zero-order valence-electron chi connectivity index (χ0n) is 10.3. The van der Waals surface area contributed by atoms with Crippen LogP contribution < -0.4 is 0 Å². The Balaban J connectivity index is 2.99. The second kappa shape index (κ2) is 6.01. The summed E-state index contributed by atoms with van der Waals surface area (Å²) in [5, 5.41) is -0.949. The summed E-state index contributed by atoms with van der Waals surface area (Å²) in [7, 11) is 0. The molecule has 0 fully saturated rings. The monoisotopic (exact) mass is 257 g/mol. The molecule has 1 atom stereocenters. The molecule has 0 aliphatic carbocycles. The average Bonchev–Trinajstić information content (AvgIpc) is 2.32. The molecule has 1 amide bonds. The van der Waals surface area contributed by atoms with E-state index in [0.29, 0.717) is 13.1 Å². The third-order valence-corrected chi connectivity index (χ3v) is 3.14. The van der Waals surface area contributed by atoms with Gasteiger partial charge in [-0.05, 0) is 26.8 Å². The van der Waals surface area contributed by atoms with E-state index in [1.54, 1.807) is 17.0 Å². The molecule has 0 heterocycles. The fraction of sp³-hybridized carbons (Fsp3) is 0.462. The predicted octanol–water partition coefficient (Wildman–Crippen LogP) is 3.28. The highest BCUT2D eigenvalue weighted by atomic mass is 35.5. The van der Waals surface area contributed by atoms with Crippen molar-refractivity contribution in [2.75, 3.05) is 13.1 Å². The zero-order chi connectivity index (χ0) is 13.0. The minimum atomic E-state index is -0.949. The minimum Gasteiger partial charge on any atom is -0.342 e. The summed E-state index contributed by atoms with van der Waals surface area (Å²) in [5.74, 6) is -0.683. The second-order valence-corrected chi connectivity index (χ2v) is 4.33. The number of nitrogens with zero attached hydrogens (tertiary/aromatic N) is 1. The summed E-state index contributed by atoms with van der Waals surface area (Å²) in [6.07, 6.45) is 0. The van der Waals surface area contributed by atoms with Crippen LogP contribution >= 0.6 is 11.6 Å². The normalized spacial score (nSPS) is 12.3. The molecule has 17 heavy (non-hydrogen) atoms. The number of amides is 1. The first-order chi connectivity index (χ1) is 8.01. The minimum absolute atomic E-state index is 0.249. The number of halogens is 2. The summed E-state index contributed by atoms with van der Waals surface area (Å²) >= 11 is 6.06. The lowest BCUT2D eigenvalue weighted by molar-refractivity contribution is -0.130. The van der Waals surface area contributed by atoms with Gasteiger partial charge < -0.3 is 4.90 Å². The molecular weight excluding hydrogens is 241 g/mol. The van der Waals surface area contributed by atoms with E-state index in [1.165, 1.54) is 6.07 Å². The molecule has 0 aliphatic heterocycles. The van der Waals surface area contributed by atoms with Gasteiger partial charge in [-0.25, -0.2) is 4.39 Å². The van der Waals surface area contributed by atoms with Crippen molar-refractivity contribution in [3.63, 3.8) is 0 Å². The van der Waals surface area contributed by atoms with Crippen molar-refractivity contribution in [1.82, 2.24) is 4.90 Å². The molecule has 94 valence electrons. The van der Waals surface area contributed by atoms with Crippen LogP contribution in [0.25, 0.3) is 0 Å². The first kappa shape index (κ1) is 14.0. The van der Waals surface area contributed by atoms with Crippen LogP contribution in [0.15, 0.2) is 18.2 Å². The fourth-order valence-corrected chi connectivity index (χ4v) is 1.99. The third kappa shape index (κ3) is 3.19. The number of likely N-dealkylation sites (N-methyl/N-ethyl adjacent to an activating group) is 1. The summed E-state index contributed by atoms with van der Waals surface area (Å²) in [4.78, 5) is 13.6. The SMILES string of the molecule is CCN(CC)C(=O)C(Cl)c1cc(C)ccc1F. The van der Waals surface area contributed by atoms with Gasteiger partial charge in [-0.2, -0.15) is 0 Å². The molecule has 0 aromatic heterocycles. The van der Waals surface area contributed by atoms with Crippen LogP contribution in [0.2, 0.25) is 0 Å². The Labute approximate surface area is 106 Å². The highest BCUT2D eigenvalue weighted by Gasteiger charge is 2.24. The second-order valence-electron chi connectivity index (χ2n) is 3.90. The largest absolute Gasteiger partial charge is 0.342 e. The Bertz CT molecular complexity index is 404. The van der Waals surface area contributed by atoms with E-state index in [-0.39, 0.29) is 11.5 Å². The quantitative estimate of drug-likeness (QED) is 0.758. The smallest absolute Gasteiger partial charge is 0.245 e. The van der Waals surface area contributed by atoms with Crippen LogP contribution in [0, 0.1) is 12.7 Å². The van der Waals surface area contributed by atoms with Gasteiger partial charge >= 0.3 is 0 Å². The van der Waals surface area contributed by atoms with Gasteiger partial charge in [0, 0.05) is 18.7 Å². The van der Waals surface area contributed by atoms with Crippen molar-refractivity contribution in [2.24, 2.45) is 0 Å². The van der Waals surface area contributed by atoms with E-state index < -0.39 is 11.2 Å². The van der Waals surface area contributed by atoms with Gasteiger partial charge in [0.05, 0.1) is 0 Å². The summed E-state index contributed by atoms with van der Waals surface area (Å²) in [5.41, 5.74) is 1.14.